The van der Waals surface area contributed by atoms with Crippen molar-refractivity contribution in [3.05, 3.63) is 58.7 Å². The minimum absolute atomic E-state index is 0.0655. The molecule has 28 heavy (non-hydrogen) atoms. The number of pyridine rings is 1. The lowest BCUT2D eigenvalue weighted by Crippen LogP contribution is -2.46. The first kappa shape index (κ1) is 19.0. The molecule has 146 valence electrons. The molecule has 0 radical (unpaired) electrons. The third-order valence-corrected chi connectivity index (χ3v) is 5.93. The number of aliphatic hydroxyl groups is 1. The van der Waals surface area contributed by atoms with Crippen LogP contribution in [0.3, 0.4) is 0 Å². The number of hydrogen-bond acceptors (Lipinski definition) is 7. The second-order valence-electron chi connectivity index (χ2n) is 6.82. The van der Waals surface area contributed by atoms with E-state index in [-0.39, 0.29) is 6.04 Å². The molecule has 2 atom stereocenters. The minimum atomic E-state index is -0.499. The summed E-state index contributed by atoms with van der Waals surface area (Å²) >= 11 is 1.58. The van der Waals surface area contributed by atoms with Crippen molar-refractivity contribution in [2.45, 2.75) is 31.9 Å². The van der Waals surface area contributed by atoms with Gasteiger partial charge in [0, 0.05) is 47.6 Å². The molecule has 1 aliphatic rings. The highest BCUT2D eigenvalue weighted by atomic mass is 32.1. The van der Waals surface area contributed by atoms with Gasteiger partial charge in [-0.15, -0.1) is 11.3 Å². The number of ether oxygens (including phenoxy) is 1. The molecule has 3 aromatic heterocycles. The van der Waals surface area contributed by atoms with Crippen molar-refractivity contribution in [1.29, 1.82) is 0 Å². The fourth-order valence-electron chi connectivity index (χ4n) is 3.45. The average molecular weight is 397 g/mol. The first-order chi connectivity index (χ1) is 13.7. The van der Waals surface area contributed by atoms with Crippen LogP contribution in [0.4, 0.5) is 5.82 Å². The predicted octanol–water partition coefficient (Wildman–Crippen LogP) is 3.49. The van der Waals surface area contributed by atoms with Gasteiger partial charge in [-0.25, -0.2) is 9.97 Å². The Morgan fingerprint density at radius 2 is 2.14 bits per heavy atom. The molecule has 1 N–H and O–H groups in total. The van der Waals surface area contributed by atoms with Gasteiger partial charge < -0.3 is 14.7 Å². The Kier molecular flexibility index (Phi) is 5.95. The van der Waals surface area contributed by atoms with Crippen molar-refractivity contribution in [2.75, 3.05) is 24.7 Å². The molecule has 0 spiro atoms. The van der Waals surface area contributed by atoms with Crippen molar-refractivity contribution in [3.63, 3.8) is 0 Å². The van der Waals surface area contributed by atoms with Crippen LogP contribution >= 0.6 is 11.3 Å². The topological polar surface area (TPSA) is 71.4 Å². The molecular formula is C21H24N4O2S. The Morgan fingerprint density at radius 3 is 2.89 bits per heavy atom. The summed E-state index contributed by atoms with van der Waals surface area (Å²) in [5, 5.41) is 12.6. The summed E-state index contributed by atoms with van der Waals surface area (Å²) in [5.74, 6) is 1.60. The number of aromatic nitrogens is 3. The van der Waals surface area contributed by atoms with E-state index in [0.29, 0.717) is 25.5 Å². The number of aryl methyl sites for hydroxylation is 1. The van der Waals surface area contributed by atoms with Crippen LogP contribution in [0.25, 0.3) is 11.4 Å². The SMILES string of the molecule is CCc1cc(N2CCOCC2CC(O)c2cccs2)nc(-c2ccncc2)n1. The van der Waals surface area contributed by atoms with E-state index >= 15 is 0 Å². The van der Waals surface area contributed by atoms with Crippen LogP contribution in [0.5, 0.6) is 0 Å². The average Bonchev–Trinajstić information content (AvgIpc) is 3.29. The van der Waals surface area contributed by atoms with Crippen molar-refractivity contribution in [1.82, 2.24) is 15.0 Å². The monoisotopic (exact) mass is 396 g/mol. The Balaban J connectivity index is 1.63. The van der Waals surface area contributed by atoms with E-state index in [1.165, 1.54) is 0 Å². The van der Waals surface area contributed by atoms with E-state index in [9.17, 15) is 5.11 Å². The maximum absolute atomic E-state index is 10.6. The number of hydrogen-bond donors (Lipinski definition) is 1. The maximum Gasteiger partial charge on any atom is 0.161 e. The lowest BCUT2D eigenvalue weighted by molar-refractivity contribution is 0.0684. The molecule has 0 aromatic carbocycles. The number of anilines is 1. The van der Waals surface area contributed by atoms with E-state index in [1.807, 2.05) is 29.6 Å². The minimum Gasteiger partial charge on any atom is -0.387 e. The molecule has 4 heterocycles. The maximum atomic E-state index is 10.6. The normalized spacial score (nSPS) is 18.2. The highest BCUT2D eigenvalue weighted by Crippen LogP contribution is 2.29. The third-order valence-electron chi connectivity index (χ3n) is 4.96. The largest absolute Gasteiger partial charge is 0.387 e. The lowest BCUT2D eigenvalue weighted by atomic mass is 10.1. The fraction of sp³-hybridized carbons (Fsp3) is 0.381. The van der Waals surface area contributed by atoms with Gasteiger partial charge in [0.25, 0.3) is 0 Å². The number of aliphatic hydroxyl groups excluding tert-OH is 1. The Bertz CT molecular complexity index is 889. The first-order valence-electron chi connectivity index (χ1n) is 9.59. The molecule has 0 amide bonds. The van der Waals surface area contributed by atoms with Crippen LogP contribution in [0.15, 0.2) is 48.1 Å². The van der Waals surface area contributed by atoms with Crippen LogP contribution in [0, 0.1) is 0 Å². The van der Waals surface area contributed by atoms with E-state index < -0.39 is 6.10 Å². The molecule has 7 heteroatoms. The van der Waals surface area contributed by atoms with Gasteiger partial charge >= 0.3 is 0 Å². The van der Waals surface area contributed by atoms with Gasteiger partial charge in [0.1, 0.15) is 5.82 Å². The number of rotatable bonds is 6. The van der Waals surface area contributed by atoms with Crippen molar-refractivity contribution < 1.29 is 9.84 Å². The first-order valence-corrected chi connectivity index (χ1v) is 10.5. The van der Waals surface area contributed by atoms with Gasteiger partial charge in [0.05, 0.1) is 25.4 Å². The molecular weight excluding hydrogens is 372 g/mol. The summed E-state index contributed by atoms with van der Waals surface area (Å²) in [5.41, 5.74) is 1.95. The van der Waals surface area contributed by atoms with E-state index in [2.05, 4.69) is 22.9 Å². The summed E-state index contributed by atoms with van der Waals surface area (Å²) in [7, 11) is 0. The van der Waals surface area contributed by atoms with Gasteiger partial charge in [-0.2, -0.15) is 0 Å². The van der Waals surface area contributed by atoms with Crippen LogP contribution in [0.2, 0.25) is 0 Å². The standard InChI is InChI=1S/C21H24N4O2S/c1-2-16-12-20(24-21(23-16)15-5-7-22-8-6-15)25-9-10-27-14-17(25)13-18(26)19-4-3-11-28-19/h3-8,11-12,17-18,26H,2,9-10,13-14H2,1H3. The van der Waals surface area contributed by atoms with Gasteiger partial charge in [0.2, 0.25) is 0 Å². The van der Waals surface area contributed by atoms with Crippen molar-refractivity contribution in [3.8, 4) is 11.4 Å². The smallest absolute Gasteiger partial charge is 0.161 e. The molecule has 2 unspecified atom stereocenters. The molecule has 0 saturated carbocycles. The highest BCUT2D eigenvalue weighted by molar-refractivity contribution is 7.10. The Hall–Kier alpha value is -2.35. The fourth-order valence-corrected chi connectivity index (χ4v) is 4.17. The third kappa shape index (κ3) is 4.22. The highest BCUT2D eigenvalue weighted by Gasteiger charge is 2.28. The Labute approximate surface area is 168 Å². The zero-order valence-electron chi connectivity index (χ0n) is 15.9. The summed E-state index contributed by atoms with van der Waals surface area (Å²) < 4.78 is 5.72. The second-order valence-corrected chi connectivity index (χ2v) is 7.80. The van der Waals surface area contributed by atoms with Crippen molar-refractivity contribution >= 4 is 17.2 Å². The van der Waals surface area contributed by atoms with E-state index in [0.717, 1.165) is 34.9 Å². The van der Waals surface area contributed by atoms with Crippen LogP contribution in [-0.2, 0) is 11.2 Å². The quantitative estimate of drug-likeness (QED) is 0.688. The van der Waals surface area contributed by atoms with Gasteiger partial charge in [0.15, 0.2) is 5.82 Å². The van der Waals surface area contributed by atoms with Gasteiger partial charge in [-0.1, -0.05) is 13.0 Å². The Morgan fingerprint density at radius 1 is 1.29 bits per heavy atom. The molecule has 1 saturated heterocycles. The second kappa shape index (κ2) is 8.77. The molecule has 0 bridgehead atoms. The van der Waals surface area contributed by atoms with Crippen LogP contribution in [-0.4, -0.2) is 45.9 Å². The van der Waals surface area contributed by atoms with Crippen molar-refractivity contribution in [2.24, 2.45) is 0 Å². The van der Waals surface area contributed by atoms with E-state index in [1.54, 1.807) is 23.7 Å². The number of thiophene rings is 1. The van der Waals surface area contributed by atoms with Crippen LogP contribution in [0.1, 0.15) is 30.0 Å². The zero-order valence-corrected chi connectivity index (χ0v) is 16.7. The van der Waals surface area contributed by atoms with Gasteiger partial charge in [-0.3, -0.25) is 4.98 Å². The number of morpholine rings is 1. The lowest BCUT2D eigenvalue weighted by Gasteiger charge is -2.37. The zero-order chi connectivity index (χ0) is 19.3. The molecule has 4 rings (SSSR count). The molecule has 1 fully saturated rings. The number of nitrogens with zero attached hydrogens (tertiary/aromatic N) is 4. The summed E-state index contributed by atoms with van der Waals surface area (Å²) in [6.45, 7) is 4.08. The predicted molar refractivity (Wildman–Crippen MR) is 110 cm³/mol. The van der Waals surface area contributed by atoms with E-state index in [4.69, 9.17) is 14.7 Å². The molecule has 0 aliphatic carbocycles. The summed E-state index contributed by atoms with van der Waals surface area (Å²) in [6, 6.07) is 9.92. The summed E-state index contributed by atoms with van der Waals surface area (Å²) in [4.78, 5) is 16.9. The molecule has 1 aliphatic heterocycles. The van der Waals surface area contributed by atoms with Crippen LogP contribution < -0.4 is 4.90 Å². The summed E-state index contributed by atoms with van der Waals surface area (Å²) in [6.07, 6.45) is 4.45. The molecule has 3 aromatic rings. The molecule has 6 nitrogen and oxygen atoms in total. The van der Waals surface area contributed by atoms with Gasteiger partial charge in [-0.05, 0) is 30.0 Å².